The number of ether oxygens (including phenoxy) is 1. The summed E-state index contributed by atoms with van der Waals surface area (Å²) in [5, 5.41) is 0. The van der Waals surface area contributed by atoms with Crippen LogP contribution in [0.1, 0.15) is 33.6 Å². The number of carbonyl (C=O) groups excluding carboxylic acids is 2. The van der Waals surface area contributed by atoms with E-state index in [2.05, 4.69) is 0 Å². The highest BCUT2D eigenvalue weighted by Crippen LogP contribution is 2.39. The van der Waals surface area contributed by atoms with E-state index in [9.17, 15) is 9.59 Å². The molecular weight excluding hydrogens is 194 g/mol. The average molecular weight is 211 g/mol. The first kappa shape index (κ1) is 10.5. The van der Waals surface area contributed by atoms with Crippen molar-refractivity contribution in [2.45, 2.75) is 45.3 Å². The van der Waals surface area contributed by atoms with Crippen molar-refractivity contribution in [1.29, 1.82) is 0 Å². The molecule has 0 aromatic heterocycles. The molecule has 2 aliphatic rings. The molecule has 0 unspecified atom stereocenters. The van der Waals surface area contributed by atoms with Gasteiger partial charge in [0.15, 0.2) is 5.78 Å². The molecule has 1 aliphatic carbocycles. The van der Waals surface area contributed by atoms with Gasteiger partial charge in [0.1, 0.15) is 5.60 Å². The second-order valence-corrected chi connectivity index (χ2v) is 5.36. The monoisotopic (exact) mass is 211 g/mol. The summed E-state index contributed by atoms with van der Waals surface area (Å²) >= 11 is 0. The van der Waals surface area contributed by atoms with Gasteiger partial charge >= 0.3 is 6.09 Å². The van der Waals surface area contributed by atoms with Crippen molar-refractivity contribution in [3.8, 4) is 0 Å². The molecule has 1 saturated heterocycles. The van der Waals surface area contributed by atoms with Crippen molar-refractivity contribution < 1.29 is 14.3 Å². The maximum Gasteiger partial charge on any atom is 0.411 e. The number of nitrogens with zero attached hydrogens (tertiary/aromatic N) is 1. The average Bonchev–Trinajstić information content (AvgIpc) is 2.80. The van der Waals surface area contributed by atoms with Gasteiger partial charge in [0.25, 0.3) is 0 Å². The number of rotatable bonds is 1. The Bertz CT molecular complexity index is 301. The summed E-state index contributed by atoms with van der Waals surface area (Å²) in [6.07, 6.45) is 1.78. The van der Waals surface area contributed by atoms with E-state index in [0.717, 1.165) is 12.8 Å². The molecule has 1 saturated carbocycles. The first-order valence-corrected chi connectivity index (χ1v) is 5.41. The number of likely N-dealkylation sites (tertiary alicyclic amines) is 1. The summed E-state index contributed by atoms with van der Waals surface area (Å²) in [7, 11) is 0. The highest BCUT2D eigenvalue weighted by Gasteiger charge is 2.50. The second-order valence-electron chi connectivity index (χ2n) is 5.36. The van der Waals surface area contributed by atoms with E-state index < -0.39 is 5.60 Å². The molecule has 2 fully saturated rings. The third-order valence-corrected chi connectivity index (χ3v) is 2.69. The molecule has 2 rings (SSSR count). The first-order valence-electron chi connectivity index (χ1n) is 5.41. The zero-order valence-corrected chi connectivity index (χ0v) is 9.45. The number of carbonyl (C=O) groups is 2. The van der Waals surface area contributed by atoms with E-state index in [1.807, 2.05) is 20.8 Å². The fraction of sp³-hybridized carbons (Fsp3) is 0.818. The molecule has 0 N–H and O–H groups in total. The summed E-state index contributed by atoms with van der Waals surface area (Å²) < 4.78 is 5.23. The maximum absolute atomic E-state index is 11.7. The summed E-state index contributed by atoms with van der Waals surface area (Å²) in [4.78, 5) is 24.6. The lowest BCUT2D eigenvalue weighted by molar-refractivity contribution is -0.136. The normalized spacial score (nSPS) is 26.2. The minimum Gasteiger partial charge on any atom is -0.444 e. The lowest BCUT2D eigenvalue weighted by atomic mass is 9.97. The molecule has 0 aromatic carbocycles. The third-order valence-electron chi connectivity index (χ3n) is 2.69. The molecule has 1 atom stereocenters. The minimum atomic E-state index is -0.482. The molecule has 84 valence electrons. The molecule has 0 bridgehead atoms. The first-order chi connectivity index (χ1) is 6.88. The summed E-state index contributed by atoms with van der Waals surface area (Å²) in [5.74, 6) is 0.585. The molecule has 1 heterocycles. The van der Waals surface area contributed by atoms with Crippen LogP contribution in [-0.4, -0.2) is 35.0 Å². The van der Waals surface area contributed by atoms with Crippen LogP contribution in [0.3, 0.4) is 0 Å². The second kappa shape index (κ2) is 3.22. The molecule has 1 aliphatic heterocycles. The zero-order valence-electron chi connectivity index (χ0n) is 9.45. The Morgan fingerprint density at radius 2 is 2.00 bits per heavy atom. The molecule has 0 radical (unpaired) electrons. The standard InChI is InChI=1S/C11H17NO3/c1-11(2,3)15-10(14)12-6-8(13)9(12)7-4-5-7/h7,9H,4-6H2,1-3H3/t9-/m0/s1. The molecule has 0 spiro atoms. The summed E-state index contributed by atoms with van der Waals surface area (Å²) in [6, 6.07) is -0.181. The molecular formula is C11H17NO3. The number of Topliss-reactive ketones (excluding diaryl/α,β-unsaturated/α-hetero) is 1. The van der Waals surface area contributed by atoms with E-state index in [-0.39, 0.29) is 24.5 Å². The van der Waals surface area contributed by atoms with Crippen LogP contribution in [0.25, 0.3) is 0 Å². The van der Waals surface area contributed by atoms with Gasteiger partial charge in [-0.25, -0.2) is 4.79 Å². The molecule has 4 nitrogen and oxygen atoms in total. The van der Waals surface area contributed by atoms with E-state index in [1.54, 1.807) is 4.90 Å². The zero-order chi connectivity index (χ0) is 11.2. The van der Waals surface area contributed by atoms with Gasteiger partial charge in [0, 0.05) is 0 Å². The highest BCUT2D eigenvalue weighted by molar-refractivity contribution is 5.98. The SMILES string of the molecule is CC(C)(C)OC(=O)N1CC(=O)[C@@H]1C1CC1. The minimum absolute atomic E-state index is 0.181. The Kier molecular flexibility index (Phi) is 2.24. The largest absolute Gasteiger partial charge is 0.444 e. The van der Waals surface area contributed by atoms with Crippen molar-refractivity contribution in [2.75, 3.05) is 6.54 Å². The van der Waals surface area contributed by atoms with E-state index in [0.29, 0.717) is 5.92 Å². The van der Waals surface area contributed by atoms with Gasteiger partial charge in [-0.3, -0.25) is 9.69 Å². The number of ketones is 1. The van der Waals surface area contributed by atoms with E-state index in [4.69, 9.17) is 4.74 Å². The van der Waals surface area contributed by atoms with Crippen LogP contribution in [0.15, 0.2) is 0 Å². The third kappa shape index (κ3) is 2.13. The lowest BCUT2D eigenvalue weighted by Crippen LogP contribution is -2.61. The Labute approximate surface area is 89.6 Å². The van der Waals surface area contributed by atoms with Crippen LogP contribution in [-0.2, 0) is 9.53 Å². The highest BCUT2D eigenvalue weighted by atomic mass is 16.6. The molecule has 15 heavy (non-hydrogen) atoms. The summed E-state index contributed by atoms with van der Waals surface area (Å²) in [5.41, 5.74) is -0.482. The summed E-state index contributed by atoms with van der Waals surface area (Å²) in [6.45, 7) is 5.73. The van der Waals surface area contributed by atoms with Crippen LogP contribution in [0, 0.1) is 5.92 Å². The Balaban J connectivity index is 1.94. The van der Waals surface area contributed by atoms with Gasteiger partial charge in [-0.2, -0.15) is 0 Å². The predicted molar refractivity (Wildman–Crippen MR) is 54.5 cm³/mol. The Morgan fingerprint density at radius 1 is 1.40 bits per heavy atom. The van der Waals surface area contributed by atoms with Gasteiger partial charge in [-0.1, -0.05) is 0 Å². The smallest absolute Gasteiger partial charge is 0.411 e. The number of amides is 1. The molecule has 4 heteroatoms. The fourth-order valence-corrected chi connectivity index (χ4v) is 1.85. The number of hydrogen-bond donors (Lipinski definition) is 0. The molecule has 1 amide bonds. The van der Waals surface area contributed by atoms with Crippen LogP contribution >= 0.6 is 0 Å². The van der Waals surface area contributed by atoms with Crippen LogP contribution < -0.4 is 0 Å². The quantitative estimate of drug-likeness (QED) is 0.661. The topological polar surface area (TPSA) is 46.6 Å². The van der Waals surface area contributed by atoms with E-state index >= 15 is 0 Å². The van der Waals surface area contributed by atoms with Gasteiger partial charge in [-0.05, 0) is 39.5 Å². The van der Waals surface area contributed by atoms with Gasteiger partial charge in [-0.15, -0.1) is 0 Å². The van der Waals surface area contributed by atoms with Crippen molar-refractivity contribution in [3.05, 3.63) is 0 Å². The van der Waals surface area contributed by atoms with Crippen LogP contribution in [0.2, 0.25) is 0 Å². The van der Waals surface area contributed by atoms with Crippen molar-refractivity contribution in [1.82, 2.24) is 4.90 Å². The predicted octanol–water partition coefficient (Wildman–Crippen LogP) is 1.58. The van der Waals surface area contributed by atoms with Crippen LogP contribution in [0.5, 0.6) is 0 Å². The van der Waals surface area contributed by atoms with Gasteiger partial charge in [0.05, 0.1) is 12.6 Å². The van der Waals surface area contributed by atoms with E-state index in [1.165, 1.54) is 0 Å². The lowest BCUT2D eigenvalue weighted by Gasteiger charge is -2.39. The van der Waals surface area contributed by atoms with Crippen molar-refractivity contribution >= 4 is 11.9 Å². The Hall–Kier alpha value is -1.06. The molecule has 0 aromatic rings. The number of hydrogen-bond acceptors (Lipinski definition) is 3. The van der Waals surface area contributed by atoms with Gasteiger partial charge in [0.2, 0.25) is 0 Å². The van der Waals surface area contributed by atoms with Crippen molar-refractivity contribution in [2.24, 2.45) is 5.92 Å². The fourth-order valence-electron chi connectivity index (χ4n) is 1.85. The van der Waals surface area contributed by atoms with Gasteiger partial charge < -0.3 is 4.74 Å². The maximum atomic E-state index is 11.7. The Morgan fingerprint density at radius 3 is 2.40 bits per heavy atom. The van der Waals surface area contributed by atoms with Crippen molar-refractivity contribution in [3.63, 3.8) is 0 Å². The van der Waals surface area contributed by atoms with Crippen LogP contribution in [0.4, 0.5) is 4.79 Å².